The average molecular weight is 197 g/mol. The first-order valence-corrected chi connectivity index (χ1v) is 6.16. The van der Waals surface area contributed by atoms with Crippen molar-refractivity contribution in [2.75, 3.05) is 0 Å². The first-order chi connectivity index (χ1) is 6.68. The Bertz CT molecular complexity index is 189. The van der Waals surface area contributed by atoms with Gasteiger partial charge in [0.15, 0.2) is 0 Å². The highest BCUT2D eigenvalue weighted by Crippen LogP contribution is 2.38. The zero-order valence-corrected chi connectivity index (χ0v) is 9.04. The molecule has 0 heterocycles. The fraction of sp³-hybridized carbons (Fsp3) is 1.00. The van der Waals surface area contributed by atoms with Crippen LogP contribution in [0.25, 0.3) is 0 Å². The molecule has 2 heteroatoms. The summed E-state index contributed by atoms with van der Waals surface area (Å²) >= 11 is 0. The summed E-state index contributed by atoms with van der Waals surface area (Å²) in [6.45, 7) is 0. The van der Waals surface area contributed by atoms with Crippen molar-refractivity contribution in [1.29, 1.82) is 0 Å². The molecule has 82 valence electrons. The van der Waals surface area contributed by atoms with Crippen molar-refractivity contribution in [1.82, 2.24) is 0 Å². The van der Waals surface area contributed by atoms with E-state index < -0.39 is 5.60 Å². The van der Waals surface area contributed by atoms with Gasteiger partial charge in [-0.25, -0.2) is 0 Å². The zero-order chi connectivity index (χ0) is 10.0. The maximum atomic E-state index is 10.3. The van der Waals surface area contributed by atoms with Crippen molar-refractivity contribution in [2.45, 2.75) is 69.4 Å². The molecule has 0 saturated heterocycles. The number of nitrogens with two attached hydrogens (primary N) is 1. The van der Waals surface area contributed by atoms with Crippen LogP contribution in [0.3, 0.4) is 0 Å². The summed E-state index contributed by atoms with van der Waals surface area (Å²) in [7, 11) is 0. The van der Waals surface area contributed by atoms with E-state index in [2.05, 4.69) is 0 Å². The van der Waals surface area contributed by atoms with Gasteiger partial charge < -0.3 is 10.8 Å². The highest BCUT2D eigenvalue weighted by molar-refractivity contribution is 4.92. The summed E-state index contributed by atoms with van der Waals surface area (Å²) in [6, 6.07) is 0.253. The summed E-state index contributed by atoms with van der Waals surface area (Å²) in [6.07, 6.45) is 10.6. The Balaban J connectivity index is 1.83. The highest BCUT2D eigenvalue weighted by Gasteiger charge is 2.37. The molecule has 2 saturated carbocycles. The lowest BCUT2D eigenvalue weighted by Crippen LogP contribution is -2.31. The van der Waals surface area contributed by atoms with E-state index in [1.54, 1.807) is 0 Å². The third-order valence-electron chi connectivity index (χ3n) is 4.02. The van der Waals surface area contributed by atoms with E-state index in [0.29, 0.717) is 0 Å². The van der Waals surface area contributed by atoms with Gasteiger partial charge in [-0.2, -0.15) is 0 Å². The van der Waals surface area contributed by atoms with Crippen LogP contribution in [-0.2, 0) is 0 Å². The van der Waals surface area contributed by atoms with Crippen molar-refractivity contribution in [3.8, 4) is 0 Å². The lowest BCUT2D eigenvalue weighted by molar-refractivity contribution is 0.0154. The molecule has 2 nitrogen and oxygen atoms in total. The largest absolute Gasteiger partial charge is 0.390 e. The normalized spacial score (nSPS) is 40.3. The van der Waals surface area contributed by atoms with E-state index >= 15 is 0 Å². The fourth-order valence-electron chi connectivity index (χ4n) is 3.26. The molecule has 3 N–H and O–H groups in total. The summed E-state index contributed by atoms with van der Waals surface area (Å²) in [4.78, 5) is 0. The van der Waals surface area contributed by atoms with Gasteiger partial charge in [-0.15, -0.1) is 0 Å². The van der Waals surface area contributed by atoms with Crippen LogP contribution in [0, 0.1) is 5.92 Å². The minimum absolute atomic E-state index is 0.253. The van der Waals surface area contributed by atoms with E-state index in [4.69, 9.17) is 5.73 Å². The van der Waals surface area contributed by atoms with Crippen LogP contribution in [0.1, 0.15) is 57.8 Å². The van der Waals surface area contributed by atoms with E-state index in [1.165, 1.54) is 32.1 Å². The Hall–Kier alpha value is -0.0800. The average Bonchev–Trinajstić information content (AvgIpc) is 2.47. The topological polar surface area (TPSA) is 46.2 Å². The highest BCUT2D eigenvalue weighted by atomic mass is 16.3. The van der Waals surface area contributed by atoms with Gasteiger partial charge in [-0.3, -0.25) is 0 Å². The molecule has 0 aliphatic heterocycles. The second-order valence-corrected chi connectivity index (χ2v) is 5.44. The van der Waals surface area contributed by atoms with Gasteiger partial charge in [0.1, 0.15) is 0 Å². The first kappa shape index (κ1) is 10.4. The van der Waals surface area contributed by atoms with Crippen molar-refractivity contribution in [3.63, 3.8) is 0 Å². The Morgan fingerprint density at radius 1 is 1.14 bits per heavy atom. The monoisotopic (exact) mass is 197 g/mol. The van der Waals surface area contributed by atoms with Gasteiger partial charge in [0, 0.05) is 6.04 Å². The Morgan fingerprint density at radius 3 is 2.43 bits per heavy atom. The van der Waals surface area contributed by atoms with Crippen LogP contribution in [-0.4, -0.2) is 16.7 Å². The van der Waals surface area contributed by atoms with Crippen LogP contribution in [0.15, 0.2) is 0 Å². The molecule has 0 spiro atoms. The van der Waals surface area contributed by atoms with Gasteiger partial charge in [-0.05, 0) is 31.6 Å². The molecule has 0 aromatic carbocycles. The van der Waals surface area contributed by atoms with E-state index in [1.807, 2.05) is 0 Å². The molecule has 2 atom stereocenters. The molecule has 2 aliphatic carbocycles. The predicted octanol–water partition coefficient (Wildman–Crippen LogP) is 2.20. The van der Waals surface area contributed by atoms with Crippen LogP contribution >= 0.6 is 0 Å². The van der Waals surface area contributed by atoms with Gasteiger partial charge in [0.05, 0.1) is 5.60 Å². The van der Waals surface area contributed by atoms with Gasteiger partial charge in [0.2, 0.25) is 0 Å². The number of rotatable bonds is 2. The van der Waals surface area contributed by atoms with Gasteiger partial charge in [-0.1, -0.05) is 32.1 Å². The Morgan fingerprint density at radius 2 is 1.86 bits per heavy atom. The first-order valence-electron chi connectivity index (χ1n) is 6.16. The SMILES string of the molecule is NC1CCC(O)(CC2CCCCC2)C1. The minimum atomic E-state index is -0.401. The van der Waals surface area contributed by atoms with Crippen molar-refractivity contribution in [3.05, 3.63) is 0 Å². The molecule has 2 rings (SSSR count). The quantitative estimate of drug-likeness (QED) is 0.713. The smallest absolute Gasteiger partial charge is 0.0665 e. The maximum absolute atomic E-state index is 10.3. The third kappa shape index (κ3) is 2.48. The van der Waals surface area contributed by atoms with Gasteiger partial charge >= 0.3 is 0 Å². The molecule has 0 radical (unpaired) electrons. The molecule has 0 aromatic rings. The van der Waals surface area contributed by atoms with Crippen LogP contribution in [0.2, 0.25) is 0 Å². The Labute approximate surface area is 86.9 Å². The molecule has 2 aliphatic rings. The molecule has 2 fully saturated rings. The lowest BCUT2D eigenvalue weighted by Gasteiger charge is -2.30. The summed E-state index contributed by atoms with van der Waals surface area (Å²) < 4.78 is 0. The molecular weight excluding hydrogens is 174 g/mol. The zero-order valence-electron chi connectivity index (χ0n) is 9.04. The summed E-state index contributed by atoms with van der Waals surface area (Å²) in [5.41, 5.74) is 5.45. The van der Waals surface area contributed by atoms with Crippen molar-refractivity contribution in [2.24, 2.45) is 11.7 Å². The molecule has 0 amide bonds. The molecule has 0 bridgehead atoms. The second-order valence-electron chi connectivity index (χ2n) is 5.44. The summed E-state index contributed by atoms with van der Waals surface area (Å²) in [5, 5.41) is 10.3. The Kier molecular flexibility index (Phi) is 3.13. The van der Waals surface area contributed by atoms with Crippen molar-refractivity contribution < 1.29 is 5.11 Å². The van der Waals surface area contributed by atoms with E-state index in [-0.39, 0.29) is 6.04 Å². The molecule has 14 heavy (non-hydrogen) atoms. The third-order valence-corrected chi connectivity index (χ3v) is 4.02. The van der Waals surface area contributed by atoms with Crippen LogP contribution in [0.5, 0.6) is 0 Å². The molecule has 2 unspecified atom stereocenters. The lowest BCUT2D eigenvalue weighted by atomic mass is 9.80. The van der Waals surface area contributed by atoms with Crippen LogP contribution < -0.4 is 5.73 Å². The minimum Gasteiger partial charge on any atom is -0.390 e. The predicted molar refractivity (Wildman–Crippen MR) is 58.0 cm³/mol. The summed E-state index contributed by atoms with van der Waals surface area (Å²) in [5.74, 6) is 0.777. The fourth-order valence-corrected chi connectivity index (χ4v) is 3.26. The molecular formula is C12H23NO. The van der Waals surface area contributed by atoms with E-state index in [9.17, 15) is 5.11 Å². The van der Waals surface area contributed by atoms with Crippen LogP contribution in [0.4, 0.5) is 0 Å². The van der Waals surface area contributed by atoms with Gasteiger partial charge in [0.25, 0.3) is 0 Å². The number of aliphatic hydroxyl groups is 1. The second kappa shape index (κ2) is 4.19. The molecule has 0 aromatic heterocycles. The van der Waals surface area contributed by atoms with E-state index in [0.717, 1.165) is 31.6 Å². The standard InChI is InChI=1S/C12H23NO/c13-11-6-7-12(14,9-11)8-10-4-2-1-3-5-10/h10-11,14H,1-9,13H2. The number of hydrogen-bond donors (Lipinski definition) is 2. The number of hydrogen-bond acceptors (Lipinski definition) is 2. The van der Waals surface area contributed by atoms with Crippen molar-refractivity contribution >= 4 is 0 Å². The maximum Gasteiger partial charge on any atom is 0.0665 e.